The van der Waals surface area contributed by atoms with Gasteiger partial charge in [-0.15, -0.1) is 11.8 Å². The predicted octanol–water partition coefficient (Wildman–Crippen LogP) is 0.514. The zero-order chi connectivity index (χ0) is 10.8. The van der Waals surface area contributed by atoms with E-state index in [-0.39, 0.29) is 33.5 Å². The lowest BCUT2D eigenvalue weighted by Crippen LogP contribution is -2.44. The molecule has 3 fully saturated rings. The monoisotopic (exact) mass is 269 g/mol. The molecule has 0 aliphatic carbocycles. The van der Waals surface area contributed by atoms with E-state index in [1.54, 1.807) is 18.7 Å². The second-order valence-corrected chi connectivity index (χ2v) is 8.21. The Balaban J connectivity index is 1.88. The Labute approximate surface area is 98.1 Å². The van der Waals surface area contributed by atoms with Crippen molar-refractivity contribution in [3.8, 4) is 0 Å². The van der Waals surface area contributed by atoms with Gasteiger partial charge < -0.3 is 4.74 Å². The van der Waals surface area contributed by atoms with Gasteiger partial charge in [-0.3, -0.25) is 0 Å². The molecular formula is C8H12ClNO3S2. The first-order chi connectivity index (χ1) is 6.99. The van der Waals surface area contributed by atoms with Gasteiger partial charge in [0.1, 0.15) is 5.56 Å². The molecule has 0 amide bonds. The van der Waals surface area contributed by atoms with Crippen molar-refractivity contribution in [3.63, 3.8) is 0 Å². The molecule has 0 aromatic rings. The van der Waals surface area contributed by atoms with Crippen molar-refractivity contribution in [1.29, 1.82) is 0 Å². The van der Waals surface area contributed by atoms with Gasteiger partial charge in [-0.2, -0.15) is 0 Å². The maximum absolute atomic E-state index is 11.7. The van der Waals surface area contributed by atoms with Crippen LogP contribution in [-0.4, -0.2) is 41.9 Å². The van der Waals surface area contributed by atoms with Gasteiger partial charge >= 0.3 is 0 Å². The lowest BCUT2D eigenvalue weighted by molar-refractivity contribution is 0.0187. The summed E-state index contributed by atoms with van der Waals surface area (Å²) in [6.45, 7) is 1.76. The third-order valence-electron chi connectivity index (χ3n) is 3.28. The van der Waals surface area contributed by atoms with E-state index in [1.807, 2.05) is 0 Å². The van der Waals surface area contributed by atoms with Crippen molar-refractivity contribution < 1.29 is 13.2 Å². The summed E-state index contributed by atoms with van der Waals surface area (Å²) in [6, 6.07) is -0.0649. The summed E-state index contributed by atoms with van der Waals surface area (Å²) in [6.07, 6.45) is 0.649. The molecule has 0 saturated carbocycles. The standard InChI is InChI=1S/C8H12ClNO3S2/c1-3(9)13-7-4-2-5-8(14-4)6(7)10-15(5,11)12/h3-8,10H,2H2,1H3. The molecule has 3 heterocycles. The van der Waals surface area contributed by atoms with Crippen LogP contribution in [0.15, 0.2) is 0 Å². The quantitative estimate of drug-likeness (QED) is 0.743. The topological polar surface area (TPSA) is 55.4 Å². The molecule has 1 N–H and O–H groups in total. The molecule has 0 radical (unpaired) electrons. The molecule has 4 nitrogen and oxygen atoms in total. The van der Waals surface area contributed by atoms with Crippen LogP contribution in [0.5, 0.6) is 0 Å². The zero-order valence-corrected chi connectivity index (χ0v) is 10.5. The maximum atomic E-state index is 11.7. The van der Waals surface area contributed by atoms with Crippen LogP contribution in [-0.2, 0) is 14.8 Å². The van der Waals surface area contributed by atoms with Crippen LogP contribution in [0.4, 0.5) is 0 Å². The molecule has 3 saturated heterocycles. The van der Waals surface area contributed by atoms with E-state index in [9.17, 15) is 8.42 Å². The van der Waals surface area contributed by atoms with E-state index in [1.165, 1.54) is 0 Å². The lowest BCUT2D eigenvalue weighted by Gasteiger charge is -2.25. The number of hydrogen-bond donors (Lipinski definition) is 1. The molecule has 3 rings (SSSR count). The number of rotatable bonds is 2. The minimum atomic E-state index is -3.09. The summed E-state index contributed by atoms with van der Waals surface area (Å²) in [5.74, 6) is 0. The zero-order valence-electron chi connectivity index (χ0n) is 8.09. The Kier molecular flexibility index (Phi) is 2.31. The second kappa shape index (κ2) is 3.26. The van der Waals surface area contributed by atoms with Gasteiger partial charge in [-0.05, 0) is 13.3 Å². The SMILES string of the molecule is CC(Cl)OC1C2CC3C(S2)C1NS3(=O)=O. The average molecular weight is 270 g/mol. The summed E-state index contributed by atoms with van der Waals surface area (Å²) in [7, 11) is -3.09. The molecular weight excluding hydrogens is 258 g/mol. The third-order valence-corrected chi connectivity index (χ3v) is 7.19. The molecule has 3 aliphatic rings. The number of sulfonamides is 1. The average Bonchev–Trinajstić information content (AvgIpc) is 2.67. The summed E-state index contributed by atoms with van der Waals surface area (Å²) < 4.78 is 31.7. The Morgan fingerprint density at radius 2 is 2.33 bits per heavy atom. The van der Waals surface area contributed by atoms with E-state index < -0.39 is 10.0 Å². The first-order valence-electron chi connectivity index (χ1n) is 4.95. The molecule has 3 aliphatic heterocycles. The van der Waals surface area contributed by atoms with Crippen LogP contribution < -0.4 is 4.72 Å². The molecule has 0 aromatic heterocycles. The Bertz CT molecular complexity index is 385. The molecule has 15 heavy (non-hydrogen) atoms. The van der Waals surface area contributed by atoms with Crippen molar-refractivity contribution in [1.82, 2.24) is 4.72 Å². The minimum Gasteiger partial charge on any atom is -0.357 e. The van der Waals surface area contributed by atoms with Gasteiger partial charge in [0, 0.05) is 10.5 Å². The van der Waals surface area contributed by atoms with E-state index in [0.717, 1.165) is 0 Å². The summed E-state index contributed by atoms with van der Waals surface area (Å²) in [5.41, 5.74) is -0.362. The lowest BCUT2D eigenvalue weighted by atomic mass is 9.93. The third kappa shape index (κ3) is 1.45. The van der Waals surface area contributed by atoms with Crippen molar-refractivity contribution in [2.24, 2.45) is 0 Å². The van der Waals surface area contributed by atoms with Crippen LogP contribution in [0.1, 0.15) is 13.3 Å². The second-order valence-electron chi connectivity index (χ2n) is 4.25. The molecule has 86 valence electrons. The summed E-state index contributed by atoms with van der Waals surface area (Å²) in [5, 5.41) is 0.249. The van der Waals surface area contributed by atoms with E-state index in [2.05, 4.69) is 4.72 Å². The number of fused-ring (bicyclic) bond motifs is 1. The predicted molar refractivity (Wildman–Crippen MR) is 59.6 cm³/mol. The van der Waals surface area contributed by atoms with Crippen LogP contribution in [0, 0.1) is 0 Å². The van der Waals surface area contributed by atoms with Crippen LogP contribution >= 0.6 is 23.4 Å². The molecule has 2 bridgehead atoms. The molecule has 0 aromatic carbocycles. The first kappa shape index (κ1) is 10.7. The fourth-order valence-corrected chi connectivity index (χ4v) is 7.32. The molecule has 0 spiro atoms. The summed E-state index contributed by atoms with van der Waals surface area (Å²) >= 11 is 7.53. The van der Waals surface area contributed by atoms with Crippen LogP contribution in [0.25, 0.3) is 0 Å². The highest BCUT2D eigenvalue weighted by Gasteiger charge is 2.64. The molecule has 7 heteroatoms. The van der Waals surface area contributed by atoms with E-state index >= 15 is 0 Å². The fraction of sp³-hybridized carbons (Fsp3) is 1.00. The number of nitrogens with one attached hydrogen (secondary N) is 1. The van der Waals surface area contributed by atoms with Gasteiger partial charge in [-0.1, -0.05) is 11.6 Å². The van der Waals surface area contributed by atoms with Crippen molar-refractivity contribution in [2.75, 3.05) is 0 Å². The van der Waals surface area contributed by atoms with Crippen LogP contribution in [0.2, 0.25) is 0 Å². The van der Waals surface area contributed by atoms with Crippen molar-refractivity contribution in [2.45, 2.75) is 46.8 Å². The first-order valence-corrected chi connectivity index (χ1v) is 7.88. The number of ether oxygens (including phenoxy) is 1. The number of thioether (sulfide) groups is 1. The normalized spacial score (nSPS) is 52.3. The number of alkyl halides is 1. The Hall–Kier alpha value is 0.510. The van der Waals surface area contributed by atoms with Gasteiger partial charge in [0.05, 0.1) is 17.4 Å². The number of hydrogen-bond acceptors (Lipinski definition) is 4. The van der Waals surface area contributed by atoms with Crippen LogP contribution in [0.3, 0.4) is 0 Å². The highest BCUT2D eigenvalue weighted by Crippen LogP contribution is 2.53. The largest absolute Gasteiger partial charge is 0.357 e. The summed E-state index contributed by atoms with van der Waals surface area (Å²) in [4.78, 5) is 0. The maximum Gasteiger partial charge on any atom is 0.216 e. The highest BCUT2D eigenvalue weighted by atomic mass is 35.5. The minimum absolute atomic E-state index is 0.0546. The molecule has 6 unspecified atom stereocenters. The number of halogens is 1. The Morgan fingerprint density at radius 1 is 1.60 bits per heavy atom. The van der Waals surface area contributed by atoms with Gasteiger partial charge in [0.25, 0.3) is 0 Å². The van der Waals surface area contributed by atoms with Gasteiger partial charge in [0.15, 0.2) is 0 Å². The molecule has 6 atom stereocenters. The fourth-order valence-electron chi connectivity index (χ4n) is 2.76. The Morgan fingerprint density at radius 3 is 3.00 bits per heavy atom. The van der Waals surface area contributed by atoms with E-state index in [0.29, 0.717) is 6.42 Å². The van der Waals surface area contributed by atoms with Crippen molar-refractivity contribution in [3.05, 3.63) is 0 Å². The van der Waals surface area contributed by atoms with Gasteiger partial charge in [0.2, 0.25) is 10.0 Å². The van der Waals surface area contributed by atoms with Gasteiger partial charge in [-0.25, -0.2) is 13.1 Å². The van der Waals surface area contributed by atoms with Crippen molar-refractivity contribution >= 4 is 33.4 Å². The smallest absolute Gasteiger partial charge is 0.216 e. The highest BCUT2D eigenvalue weighted by molar-refractivity contribution is 8.03. The van der Waals surface area contributed by atoms with E-state index in [4.69, 9.17) is 16.3 Å².